The minimum Gasteiger partial charge on any atom is -0.279 e. The number of aliphatic imine (C=N–C) groups is 1. The molecule has 0 saturated heterocycles. The van der Waals surface area contributed by atoms with E-state index in [1.165, 1.54) is 22.8 Å². The van der Waals surface area contributed by atoms with E-state index in [0.29, 0.717) is 27.2 Å². The Hall–Kier alpha value is -4.35. The standard InChI is InChI=1S/C26H15ClF3N5O3/c27-19-8-4-3-7-17(19)23-18-11-14(26(28,29)30)9-10-20(18)34-21(12-31-23)32-33-22(34)13-38-35-24(36)15-5-1-2-6-16(15)25(35)37/h1-11H,12-13H2. The van der Waals surface area contributed by atoms with Gasteiger partial charge in [-0.1, -0.05) is 41.9 Å². The highest BCUT2D eigenvalue weighted by atomic mass is 35.5. The molecule has 0 N–H and O–H groups in total. The average molecular weight is 538 g/mol. The Morgan fingerprint density at radius 1 is 0.868 bits per heavy atom. The number of imide groups is 1. The number of benzene rings is 3. The fraction of sp³-hybridized carbons (Fsp3) is 0.115. The van der Waals surface area contributed by atoms with E-state index in [1.54, 1.807) is 36.4 Å². The lowest BCUT2D eigenvalue weighted by atomic mass is 9.98. The van der Waals surface area contributed by atoms with Crippen LogP contribution in [0, 0.1) is 0 Å². The van der Waals surface area contributed by atoms with Crippen LogP contribution in [0.1, 0.15) is 49.1 Å². The molecule has 38 heavy (non-hydrogen) atoms. The van der Waals surface area contributed by atoms with E-state index in [9.17, 15) is 22.8 Å². The number of aromatic nitrogens is 3. The molecule has 0 atom stereocenters. The summed E-state index contributed by atoms with van der Waals surface area (Å²) in [6.07, 6.45) is -4.60. The third-order valence-corrected chi connectivity index (χ3v) is 6.53. The summed E-state index contributed by atoms with van der Waals surface area (Å²) in [6, 6.07) is 16.3. The Morgan fingerprint density at radius 2 is 1.53 bits per heavy atom. The predicted molar refractivity (Wildman–Crippen MR) is 129 cm³/mol. The van der Waals surface area contributed by atoms with Crippen molar-refractivity contribution in [1.82, 2.24) is 19.8 Å². The molecule has 190 valence electrons. The first-order chi connectivity index (χ1) is 18.2. The number of hydrogen-bond donors (Lipinski definition) is 0. The Bertz CT molecular complexity index is 1630. The first-order valence-electron chi connectivity index (χ1n) is 11.3. The van der Waals surface area contributed by atoms with Gasteiger partial charge in [-0.25, -0.2) is 0 Å². The molecule has 3 aromatic carbocycles. The molecule has 2 amide bonds. The number of rotatable bonds is 4. The summed E-state index contributed by atoms with van der Waals surface area (Å²) in [5.74, 6) is -0.760. The molecule has 0 aliphatic carbocycles. The zero-order valence-corrected chi connectivity index (χ0v) is 20.0. The highest BCUT2D eigenvalue weighted by Crippen LogP contribution is 2.35. The summed E-state index contributed by atoms with van der Waals surface area (Å²) >= 11 is 6.38. The summed E-state index contributed by atoms with van der Waals surface area (Å²) in [7, 11) is 0. The van der Waals surface area contributed by atoms with Crippen LogP contribution < -0.4 is 0 Å². The predicted octanol–water partition coefficient (Wildman–Crippen LogP) is 5.02. The van der Waals surface area contributed by atoms with Crippen LogP contribution >= 0.6 is 11.6 Å². The summed E-state index contributed by atoms with van der Waals surface area (Å²) in [5.41, 5.74) is 0.743. The van der Waals surface area contributed by atoms with E-state index in [2.05, 4.69) is 15.2 Å². The number of carbonyl (C=O) groups excluding carboxylic acids is 2. The van der Waals surface area contributed by atoms with Gasteiger partial charge in [-0.3, -0.25) is 24.0 Å². The van der Waals surface area contributed by atoms with E-state index in [1.807, 2.05) is 0 Å². The van der Waals surface area contributed by atoms with Gasteiger partial charge in [0.2, 0.25) is 0 Å². The lowest BCUT2D eigenvalue weighted by Crippen LogP contribution is -2.30. The van der Waals surface area contributed by atoms with E-state index < -0.39 is 23.6 Å². The van der Waals surface area contributed by atoms with Gasteiger partial charge < -0.3 is 0 Å². The molecule has 0 saturated carbocycles. The number of fused-ring (bicyclic) bond motifs is 4. The lowest BCUT2D eigenvalue weighted by molar-refractivity contribution is -0.137. The number of hydroxylamine groups is 2. The normalized spacial score (nSPS) is 14.6. The average Bonchev–Trinajstić information content (AvgIpc) is 3.35. The molecular weight excluding hydrogens is 523 g/mol. The van der Waals surface area contributed by atoms with E-state index in [0.717, 1.165) is 12.1 Å². The number of carbonyl (C=O) groups is 2. The SMILES string of the molecule is O=C1c2ccccc2C(=O)N1OCc1nnc2n1-c1ccc(C(F)(F)F)cc1C(c1ccccc1Cl)=NC2. The molecule has 8 nitrogen and oxygen atoms in total. The third-order valence-electron chi connectivity index (χ3n) is 6.20. The third kappa shape index (κ3) is 3.87. The second-order valence-electron chi connectivity index (χ2n) is 8.47. The number of alkyl halides is 3. The fourth-order valence-corrected chi connectivity index (χ4v) is 4.68. The van der Waals surface area contributed by atoms with Crippen molar-refractivity contribution >= 4 is 29.1 Å². The van der Waals surface area contributed by atoms with E-state index in [4.69, 9.17) is 16.4 Å². The highest BCUT2D eigenvalue weighted by Gasteiger charge is 2.37. The van der Waals surface area contributed by atoms with Crippen LogP contribution in [0.3, 0.4) is 0 Å². The molecule has 0 radical (unpaired) electrons. The van der Waals surface area contributed by atoms with Gasteiger partial charge in [0.15, 0.2) is 11.6 Å². The van der Waals surface area contributed by atoms with Crippen LogP contribution in [-0.4, -0.2) is 37.4 Å². The Morgan fingerprint density at radius 3 is 2.18 bits per heavy atom. The second kappa shape index (κ2) is 8.89. The molecule has 12 heteroatoms. The number of hydrogen-bond acceptors (Lipinski definition) is 6. The summed E-state index contributed by atoms with van der Waals surface area (Å²) < 4.78 is 42.5. The topological polar surface area (TPSA) is 89.7 Å². The van der Waals surface area contributed by atoms with Crippen molar-refractivity contribution in [3.05, 3.63) is 111 Å². The van der Waals surface area contributed by atoms with Crippen molar-refractivity contribution in [2.45, 2.75) is 19.3 Å². The van der Waals surface area contributed by atoms with Gasteiger partial charge >= 0.3 is 6.18 Å². The lowest BCUT2D eigenvalue weighted by Gasteiger charge is -2.17. The number of halogens is 4. The molecule has 0 fully saturated rings. The first-order valence-corrected chi connectivity index (χ1v) is 11.7. The smallest absolute Gasteiger partial charge is 0.279 e. The monoisotopic (exact) mass is 537 g/mol. The maximum Gasteiger partial charge on any atom is 0.416 e. The molecule has 2 aliphatic rings. The second-order valence-corrected chi connectivity index (χ2v) is 8.87. The maximum atomic E-state index is 13.7. The van der Waals surface area contributed by atoms with Crippen molar-refractivity contribution in [1.29, 1.82) is 0 Å². The van der Waals surface area contributed by atoms with Crippen LogP contribution in [0.5, 0.6) is 0 Å². The molecular formula is C26H15ClF3N5O3. The summed E-state index contributed by atoms with van der Waals surface area (Å²) in [6.45, 7) is -0.378. The van der Waals surface area contributed by atoms with Crippen molar-refractivity contribution in [2.75, 3.05) is 0 Å². The molecule has 0 unspecified atom stereocenters. The Balaban J connectivity index is 1.41. The molecule has 4 aromatic rings. The summed E-state index contributed by atoms with van der Waals surface area (Å²) in [5, 5.41) is 9.21. The van der Waals surface area contributed by atoms with Crippen molar-refractivity contribution in [3.8, 4) is 5.69 Å². The van der Waals surface area contributed by atoms with Gasteiger partial charge in [-0.05, 0) is 36.4 Å². The largest absolute Gasteiger partial charge is 0.416 e. The minimum absolute atomic E-state index is 0.0173. The van der Waals surface area contributed by atoms with Crippen LogP contribution in [0.4, 0.5) is 13.2 Å². The maximum absolute atomic E-state index is 13.7. The minimum atomic E-state index is -4.60. The van der Waals surface area contributed by atoms with Crippen LogP contribution in [-0.2, 0) is 24.2 Å². The van der Waals surface area contributed by atoms with E-state index >= 15 is 0 Å². The molecule has 0 bridgehead atoms. The Labute approximate surface area is 217 Å². The van der Waals surface area contributed by atoms with Crippen LogP contribution in [0.2, 0.25) is 5.02 Å². The van der Waals surface area contributed by atoms with Crippen LogP contribution in [0.15, 0.2) is 71.7 Å². The van der Waals surface area contributed by atoms with Crippen molar-refractivity contribution < 1.29 is 27.6 Å². The fourth-order valence-electron chi connectivity index (χ4n) is 4.45. The summed E-state index contributed by atoms with van der Waals surface area (Å²) in [4.78, 5) is 35.4. The number of nitrogens with zero attached hydrogens (tertiary/aromatic N) is 5. The molecule has 2 aliphatic heterocycles. The highest BCUT2D eigenvalue weighted by molar-refractivity contribution is 6.35. The molecule has 0 spiro atoms. The molecule has 1 aromatic heterocycles. The Kier molecular flexibility index (Phi) is 5.62. The quantitative estimate of drug-likeness (QED) is 0.341. The van der Waals surface area contributed by atoms with Crippen molar-refractivity contribution in [3.63, 3.8) is 0 Å². The van der Waals surface area contributed by atoms with Gasteiger partial charge in [0.05, 0.1) is 28.1 Å². The van der Waals surface area contributed by atoms with Gasteiger partial charge in [0.1, 0.15) is 13.2 Å². The van der Waals surface area contributed by atoms with Crippen LogP contribution in [0.25, 0.3) is 5.69 Å². The van der Waals surface area contributed by atoms with E-state index in [-0.39, 0.29) is 41.4 Å². The van der Waals surface area contributed by atoms with Gasteiger partial charge in [0, 0.05) is 16.1 Å². The first kappa shape index (κ1) is 24.0. The molecule has 3 heterocycles. The molecule has 6 rings (SSSR count). The van der Waals surface area contributed by atoms with Gasteiger partial charge in [0.25, 0.3) is 11.8 Å². The van der Waals surface area contributed by atoms with Gasteiger partial charge in [-0.15, -0.1) is 15.3 Å². The van der Waals surface area contributed by atoms with Crippen molar-refractivity contribution in [2.24, 2.45) is 4.99 Å². The zero-order valence-electron chi connectivity index (χ0n) is 19.2. The number of amides is 2. The zero-order chi connectivity index (χ0) is 26.6. The van der Waals surface area contributed by atoms with Gasteiger partial charge in [-0.2, -0.15) is 13.2 Å².